The van der Waals surface area contributed by atoms with Crippen LogP contribution in [0.25, 0.3) is 0 Å². The number of rotatable bonds is 8. The maximum atomic E-state index is 11.7. The normalized spacial score (nSPS) is 27.4. The maximum Gasteiger partial charge on any atom is 0.315 e. The first kappa shape index (κ1) is 16.5. The van der Waals surface area contributed by atoms with Gasteiger partial charge in [0.25, 0.3) is 0 Å². The van der Waals surface area contributed by atoms with Crippen molar-refractivity contribution in [2.75, 3.05) is 12.3 Å². The Balaban J connectivity index is 1.54. The van der Waals surface area contributed by atoms with Crippen LogP contribution >= 0.6 is 11.8 Å². The van der Waals surface area contributed by atoms with E-state index >= 15 is 0 Å². The van der Waals surface area contributed by atoms with E-state index in [9.17, 15) is 9.59 Å². The van der Waals surface area contributed by atoms with E-state index in [4.69, 9.17) is 0 Å². The summed E-state index contributed by atoms with van der Waals surface area (Å²) in [5.41, 5.74) is 0. The minimum atomic E-state index is -0.0299. The standard InChI is InChI=1S/C15H26N3O2S/c1-10(2)7-8-16-13(19)6-4-3-5-12-14-11(9-21-12)17-15(20)18-14/h11-12,14H,3-9H2,1-2H3,(H,16,19)(H2,17,18,20). The summed E-state index contributed by atoms with van der Waals surface area (Å²) in [5.74, 6) is 2.50. The third-order valence-electron chi connectivity index (χ3n) is 4.03. The smallest absolute Gasteiger partial charge is 0.315 e. The van der Waals surface area contributed by atoms with Crippen LogP contribution in [0.5, 0.6) is 0 Å². The Kier molecular flexibility index (Phi) is 6.21. The molecule has 0 aromatic rings. The number of carbonyl (C=O) groups excluding carboxylic acids is 2. The molecule has 119 valence electrons. The molecule has 1 radical (unpaired) electrons. The van der Waals surface area contributed by atoms with Crippen LogP contribution in [0.4, 0.5) is 4.79 Å². The van der Waals surface area contributed by atoms with Gasteiger partial charge in [0.2, 0.25) is 5.91 Å². The summed E-state index contributed by atoms with van der Waals surface area (Å²) in [6, 6.07) is 0.543. The molecule has 5 nitrogen and oxygen atoms in total. The molecule has 2 aliphatic rings. The number of thioether (sulfide) groups is 1. The molecule has 0 spiro atoms. The first-order chi connectivity index (χ1) is 10.1. The maximum absolute atomic E-state index is 11.7. The van der Waals surface area contributed by atoms with E-state index in [-0.39, 0.29) is 18.0 Å². The number of urea groups is 1. The molecule has 0 aromatic heterocycles. The van der Waals surface area contributed by atoms with Crippen molar-refractivity contribution in [2.24, 2.45) is 0 Å². The van der Waals surface area contributed by atoms with E-state index in [1.54, 1.807) is 0 Å². The van der Waals surface area contributed by atoms with E-state index < -0.39 is 0 Å². The van der Waals surface area contributed by atoms with Gasteiger partial charge in [-0.05, 0) is 25.2 Å². The average molecular weight is 312 g/mol. The molecule has 21 heavy (non-hydrogen) atoms. The number of nitrogens with one attached hydrogen (secondary N) is 3. The topological polar surface area (TPSA) is 70.2 Å². The van der Waals surface area contributed by atoms with Crippen molar-refractivity contribution in [3.05, 3.63) is 5.92 Å². The highest BCUT2D eigenvalue weighted by Gasteiger charge is 2.42. The van der Waals surface area contributed by atoms with Gasteiger partial charge in [-0.3, -0.25) is 4.79 Å². The first-order valence-electron chi connectivity index (χ1n) is 7.80. The zero-order chi connectivity index (χ0) is 15.2. The number of hydrogen-bond acceptors (Lipinski definition) is 3. The summed E-state index contributed by atoms with van der Waals surface area (Å²) >= 11 is 1.93. The van der Waals surface area contributed by atoms with Gasteiger partial charge in [0.05, 0.1) is 12.1 Å². The van der Waals surface area contributed by atoms with E-state index in [1.165, 1.54) is 5.92 Å². The molecule has 3 amide bonds. The van der Waals surface area contributed by atoms with Crippen molar-refractivity contribution in [3.8, 4) is 0 Å². The quantitative estimate of drug-likeness (QED) is 0.473. The third-order valence-corrected chi connectivity index (χ3v) is 5.54. The van der Waals surface area contributed by atoms with Gasteiger partial charge in [-0.25, -0.2) is 4.79 Å². The Morgan fingerprint density at radius 2 is 2.10 bits per heavy atom. The summed E-state index contributed by atoms with van der Waals surface area (Å²) in [5, 5.41) is 9.40. The average Bonchev–Trinajstić information content (AvgIpc) is 2.94. The molecule has 0 saturated carbocycles. The third kappa shape index (κ3) is 5.09. The SMILES string of the molecule is C[C](C)CCNC(=O)CCCCC1SCC2NC(=O)NC21. The predicted molar refractivity (Wildman–Crippen MR) is 86.2 cm³/mol. The molecule has 2 saturated heterocycles. The van der Waals surface area contributed by atoms with Crippen molar-refractivity contribution in [1.29, 1.82) is 0 Å². The lowest BCUT2D eigenvalue weighted by atomic mass is 10.0. The largest absolute Gasteiger partial charge is 0.356 e. The van der Waals surface area contributed by atoms with Crippen molar-refractivity contribution in [2.45, 2.75) is 63.3 Å². The highest BCUT2D eigenvalue weighted by Crippen LogP contribution is 2.33. The zero-order valence-corrected chi connectivity index (χ0v) is 13.7. The number of carbonyl (C=O) groups is 2. The Hall–Kier alpha value is -0.910. The van der Waals surface area contributed by atoms with Gasteiger partial charge in [0.1, 0.15) is 0 Å². The van der Waals surface area contributed by atoms with E-state index in [0.29, 0.717) is 17.7 Å². The predicted octanol–water partition coefficient (Wildman–Crippen LogP) is 1.83. The number of hydrogen-bond donors (Lipinski definition) is 3. The second-order valence-electron chi connectivity index (χ2n) is 6.17. The van der Waals surface area contributed by atoms with Crippen LogP contribution in [0.3, 0.4) is 0 Å². The molecule has 3 atom stereocenters. The number of amides is 3. The molecular formula is C15H26N3O2S. The van der Waals surface area contributed by atoms with E-state index in [2.05, 4.69) is 29.8 Å². The summed E-state index contributed by atoms with van der Waals surface area (Å²) in [6.45, 7) is 4.91. The van der Waals surface area contributed by atoms with Crippen molar-refractivity contribution >= 4 is 23.7 Å². The van der Waals surface area contributed by atoms with Gasteiger partial charge >= 0.3 is 6.03 Å². The second kappa shape index (κ2) is 7.92. The zero-order valence-electron chi connectivity index (χ0n) is 12.9. The second-order valence-corrected chi connectivity index (χ2v) is 7.45. The summed E-state index contributed by atoms with van der Waals surface area (Å²) in [4.78, 5) is 22.9. The molecule has 0 aliphatic carbocycles. The molecule has 2 fully saturated rings. The highest BCUT2D eigenvalue weighted by atomic mass is 32.2. The van der Waals surface area contributed by atoms with Gasteiger partial charge in [-0.15, -0.1) is 0 Å². The monoisotopic (exact) mass is 312 g/mol. The number of unbranched alkanes of at least 4 members (excludes halogenated alkanes) is 1. The highest BCUT2D eigenvalue weighted by molar-refractivity contribution is 8.00. The van der Waals surface area contributed by atoms with Gasteiger partial charge in [0.15, 0.2) is 0 Å². The lowest BCUT2D eigenvalue weighted by molar-refractivity contribution is -0.121. The van der Waals surface area contributed by atoms with Crippen molar-refractivity contribution in [1.82, 2.24) is 16.0 Å². The molecule has 0 bridgehead atoms. The first-order valence-corrected chi connectivity index (χ1v) is 8.85. The van der Waals surface area contributed by atoms with E-state index in [0.717, 1.165) is 38.0 Å². The van der Waals surface area contributed by atoms with Crippen molar-refractivity contribution < 1.29 is 9.59 Å². The van der Waals surface area contributed by atoms with Crippen LogP contribution in [-0.2, 0) is 4.79 Å². The molecule has 2 aliphatic heterocycles. The minimum Gasteiger partial charge on any atom is -0.356 e. The fraction of sp³-hybridized carbons (Fsp3) is 0.800. The Morgan fingerprint density at radius 1 is 1.29 bits per heavy atom. The van der Waals surface area contributed by atoms with Gasteiger partial charge in [-0.2, -0.15) is 11.8 Å². The van der Waals surface area contributed by atoms with Crippen LogP contribution in [0.1, 0.15) is 46.0 Å². The summed E-state index contributed by atoms with van der Waals surface area (Å²) < 4.78 is 0. The van der Waals surface area contributed by atoms with Crippen LogP contribution in [-0.4, -0.2) is 41.6 Å². The minimum absolute atomic E-state index is 0.0299. The molecular weight excluding hydrogens is 286 g/mol. The molecule has 6 heteroatoms. The molecule has 3 N–H and O–H groups in total. The lowest BCUT2D eigenvalue weighted by Crippen LogP contribution is -2.36. The van der Waals surface area contributed by atoms with Gasteiger partial charge < -0.3 is 16.0 Å². The molecule has 2 rings (SSSR count). The van der Waals surface area contributed by atoms with Crippen LogP contribution in [0.15, 0.2) is 0 Å². The Bertz CT molecular complexity index is 376. The Morgan fingerprint density at radius 3 is 2.86 bits per heavy atom. The van der Waals surface area contributed by atoms with Crippen LogP contribution < -0.4 is 16.0 Å². The summed E-state index contributed by atoms with van der Waals surface area (Å²) in [6.07, 6.45) is 4.61. The fourth-order valence-electron chi connectivity index (χ4n) is 2.81. The van der Waals surface area contributed by atoms with E-state index in [1.807, 2.05) is 11.8 Å². The molecule has 3 unspecified atom stereocenters. The van der Waals surface area contributed by atoms with Gasteiger partial charge in [-0.1, -0.05) is 20.3 Å². The lowest BCUT2D eigenvalue weighted by Gasteiger charge is -2.16. The van der Waals surface area contributed by atoms with Crippen LogP contribution in [0, 0.1) is 5.92 Å². The van der Waals surface area contributed by atoms with Gasteiger partial charge in [0, 0.05) is 24.0 Å². The Labute approximate surface area is 131 Å². The molecule has 0 aromatic carbocycles. The van der Waals surface area contributed by atoms with Crippen LogP contribution in [0.2, 0.25) is 0 Å². The number of fused-ring (bicyclic) bond motifs is 1. The fourth-order valence-corrected chi connectivity index (χ4v) is 4.36. The van der Waals surface area contributed by atoms with Crippen molar-refractivity contribution in [3.63, 3.8) is 0 Å². The molecule has 2 heterocycles. The summed E-state index contributed by atoms with van der Waals surface area (Å²) in [7, 11) is 0.